The van der Waals surface area contributed by atoms with Crippen molar-refractivity contribution in [2.24, 2.45) is 0 Å². The summed E-state index contributed by atoms with van der Waals surface area (Å²) in [6.07, 6.45) is 1.22. The van der Waals surface area contributed by atoms with E-state index in [4.69, 9.17) is 9.47 Å². The molecule has 2 aromatic carbocycles. The zero-order chi connectivity index (χ0) is 30.4. The van der Waals surface area contributed by atoms with Gasteiger partial charge in [-0.25, -0.2) is 9.48 Å². The Morgan fingerprint density at radius 2 is 1.63 bits per heavy atom. The lowest BCUT2D eigenvalue weighted by Crippen LogP contribution is -2.23. The first-order valence-electron chi connectivity index (χ1n) is 13.7. The van der Waals surface area contributed by atoms with Gasteiger partial charge in [-0.3, -0.25) is 19.7 Å². The molecule has 0 bridgehead atoms. The van der Waals surface area contributed by atoms with Gasteiger partial charge in [0, 0.05) is 31.0 Å². The van der Waals surface area contributed by atoms with Gasteiger partial charge in [0.05, 0.1) is 18.8 Å². The number of amides is 1. The van der Waals surface area contributed by atoms with Crippen LogP contribution >= 0.6 is 0 Å². The molecular formula is C32H41N3O6. The molecule has 0 radical (unpaired) electrons. The Labute approximate surface area is 241 Å². The molecule has 1 aromatic heterocycles. The van der Waals surface area contributed by atoms with E-state index >= 15 is 0 Å². The topological polar surface area (TPSA) is 117 Å². The Hall–Kier alpha value is -4.27. The number of hydrogen-bond donors (Lipinski definition) is 1. The summed E-state index contributed by atoms with van der Waals surface area (Å²) in [4.78, 5) is 46.5. The van der Waals surface area contributed by atoms with E-state index in [9.17, 15) is 19.2 Å². The van der Waals surface area contributed by atoms with Crippen LogP contribution in [0.3, 0.4) is 0 Å². The van der Waals surface area contributed by atoms with Crippen LogP contribution in [0.1, 0.15) is 69.3 Å². The minimum Gasteiger partial charge on any atom is -0.460 e. The van der Waals surface area contributed by atoms with Crippen molar-refractivity contribution in [1.29, 1.82) is 0 Å². The highest BCUT2D eigenvalue weighted by Crippen LogP contribution is 2.13. The fourth-order valence-electron chi connectivity index (χ4n) is 3.83. The Kier molecular flexibility index (Phi) is 12.9. The number of anilines is 1. The summed E-state index contributed by atoms with van der Waals surface area (Å²) in [6, 6.07) is 18.3. The highest BCUT2D eigenvalue weighted by Gasteiger charge is 2.16. The molecule has 3 rings (SSSR count). The summed E-state index contributed by atoms with van der Waals surface area (Å²) in [6.45, 7) is 11.8. The van der Waals surface area contributed by atoms with Gasteiger partial charge >= 0.3 is 12.1 Å². The summed E-state index contributed by atoms with van der Waals surface area (Å²) < 4.78 is 11.4. The largest absolute Gasteiger partial charge is 0.460 e. The molecule has 41 heavy (non-hydrogen) atoms. The van der Waals surface area contributed by atoms with E-state index in [-0.39, 0.29) is 17.3 Å². The second kappa shape index (κ2) is 16.1. The zero-order valence-corrected chi connectivity index (χ0v) is 24.9. The van der Waals surface area contributed by atoms with Crippen molar-refractivity contribution >= 4 is 23.5 Å². The van der Waals surface area contributed by atoms with Crippen molar-refractivity contribution in [3.8, 4) is 0 Å². The lowest BCUT2D eigenvalue weighted by molar-refractivity contribution is -0.154. The Morgan fingerprint density at radius 3 is 2.32 bits per heavy atom. The molecule has 0 aliphatic rings. The van der Waals surface area contributed by atoms with Crippen LogP contribution in [-0.4, -0.2) is 39.8 Å². The maximum atomic E-state index is 11.8. The van der Waals surface area contributed by atoms with Crippen LogP contribution in [0.2, 0.25) is 0 Å². The van der Waals surface area contributed by atoms with Crippen LogP contribution in [0, 0.1) is 13.8 Å². The number of carbonyl (C=O) groups excluding carboxylic acids is 3. The van der Waals surface area contributed by atoms with Crippen molar-refractivity contribution in [2.45, 2.75) is 79.4 Å². The van der Waals surface area contributed by atoms with Gasteiger partial charge in [-0.05, 0) is 77.3 Å². The average molecular weight is 564 g/mol. The lowest BCUT2D eigenvalue weighted by atomic mass is 10.0. The number of benzene rings is 2. The first-order valence-corrected chi connectivity index (χ1v) is 13.7. The minimum atomic E-state index is -0.500. The number of esters is 1. The molecule has 0 aliphatic carbocycles. The van der Waals surface area contributed by atoms with Gasteiger partial charge in [-0.2, -0.15) is 5.10 Å². The van der Waals surface area contributed by atoms with E-state index in [1.807, 2.05) is 65.0 Å². The van der Waals surface area contributed by atoms with E-state index in [2.05, 4.69) is 10.4 Å². The summed E-state index contributed by atoms with van der Waals surface area (Å²) >= 11 is 0. The first kappa shape index (κ1) is 32.9. The lowest BCUT2D eigenvalue weighted by Gasteiger charge is -2.19. The van der Waals surface area contributed by atoms with E-state index in [0.29, 0.717) is 44.5 Å². The van der Waals surface area contributed by atoms with E-state index < -0.39 is 11.7 Å². The van der Waals surface area contributed by atoms with Gasteiger partial charge in [-0.1, -0.05) is 42.0 Å². The van der Waals surface area contributed by atoms with E-state index in [1.165, 1.54) is 10.7 Å². The number of carbonyl (C=O) groups is 3. The number of hydrogen-bond acceptors (Lipinski definition) is 7. The van der Waals surface area contributed by atoms with E-state index in [1.54, 1.807) is 31.2 Å². The number of aryl methyl sites for hydroxylation is 2. The highest BCUT2D eigenvalue weighted by molar-refractivity contribution is 5.84. The molecule has 0 saturated heterocycles. The standard InChI is InChI=1S/C17H24O3.C15H17N3O3/c1-13-7-5-8-14(11-13)12-15(18)9-6-10-16(19)20-17(2,3)4;1-3-21-15(20)16-13-6-4-5-12(9-13)10-18-14(19)8-7-11(2)17-18/h5,7-8,11H,6,9-10,12H2,1-4H3;4-9H,3,10H2,1-2H3,(H,16,20). The molecule has 9 heteroatoms. The van der Waals surface area contributed by atoms with Gasteiger partial charge in [-0.15, -0.1) is 0 Å². The predicted molar refractivity (Wildman–Crippen MR) is 159 cm³/mol. The first-order chi connectivity index (χ1) is 19.3. The summed E-state index contributed by atoms with van der Waals surface area (Å²) in [7, 11) is 0. The van der Waals surface area contributed by atoms with Crippen LogP contribution in [-0.2, 0) is 32.0 Å². The molecule has 0 aliphatic heterocycles. The van der Waals surface area contributed by atoms with Crippen LogP contribution in [0.15, 0.2) is 65.5 Å². The molecule has 220 valence electrons. The Morgan fingerprint density at radius 1 is 0.927 bits per heavy atom. The smallest absolute Gasteiger partial charge is 0.411 e. The van der Waals surface area contributed by atoms with Crippen LogP contribution in [0.4, 0.5) is 10.5 Å². The molecule has 1 heterocycles. The third kappa shape index (κ3) is 13.6. The third-order valence-corrected chi connectivity index (χ3v) is 5.52. The quantitative estimate of drug-likeness (QED) is 0.311. The van der Waals surface area contributed by atoms with Gasteiger partial charge in [0.2, 0.25) is 0 Å². The van der Waals surface area contributed by atoms with Crippen molar-refractivity contribution < 1.29 is 23.9 Å². The molecule has 0 spiro atoms. The van der Waals surface area contributed by atoms with E-state index in [0.717, 1.165) is 22.4 Å². The van der Waals surface area contributed by atoms with Crippen molar-refractivity contribution in [1.82, 2.24) is 9.78 Å². The number of rotatable bonds is 10. The SMILES string of the molecule is CCOC(=O)Nc1cccc(Cn2nc(C)ccc2=O)c1.Cc1cccc(CC(=O)CCCC(=O)OC(C)(C)C)c1. The molecule has 9 nitrogen and oxygen atoms in total. The minimum absolute atomic E-state index is 0.163. The Balaban J connectivity index is 0.000000287. The van der Waals surface area contributed by atoms with Gasteiger partial charge in [0.1, 0.15) is 11.4 Å². The number of Topliss-reactive ketones (excluding diaryl/α,β-unsaturated/α-hetero) is 1. The van der Waals surface area contributed by atoms with Gasteiger partial charge < -0.3 is 9.47 Å². The molecule has 0 unspecified atom stereocenters. The second-order valence-electron chi connectivity index (χ2n) is 10.7. The molecule has 0 saturated carbocycles. The van der Waals surface area contributed by atoms with Gasteiger partial charge in [0.25, 0.3) is 5.56 Å². The normalized spacial score (nSPS) is 10.7. The van der Waals surface area contributed by atoms with Crippen molar-refractivity contribution in [2.75, 3.05) is 11.9 Å². The summed E-state index contributed by atoms with van der Waals surface area (Å²) in [5.74, 6) is -0.0694. The second-order valence-corrected chi connectivity index (χ2v) is 10.7. The van der Waals surface area contributed by atoms with Crippen molar-refractivity contribution in [3.05, 3.63) is 93.4 Å². The number of nitrogens with one attached hydrogen (secondary N) is 1. The maximum Gasteiger partial charge on any atom is 0.411 e. The Bertz CT molecular complexity index is 1370. The van der Waals surface area contributed by atoms with Crippen molar-refractivity contribution in [3.63, 3.8) is 0 Å². The average Bonchev–Trinajstić information content (AvgIpc) is 2.86. The zero-order valence-electron chi connectivity index (χ0n) is 24.9. The molecule has 0 atom stereocenters. The molecule has 1 N–H and O–H groups in total. The van der Waals surface area contributed by atoms with Crippen LogP contribution < -0.4 is 10.9 Å². The van der Waals surface area contributed by atoms with Gasteiger partial charge in [0.15, 0.2) is 0 Å². The van der Waals surface area contributed by atoms with Crippen LogP contribution in [0.25, 0.3) is 0 Å². The number of nitrogens with zero attached hydrogens (tertiary/aromatic N) is 2. The molecule has 0 fully saturated rings. The summed E-state index contributed by atoms with van der Waals surface area (Å²) in [5, 5.41) is 6.81. The summed E-state index contributed by atoms with van der Waals surface area (Å²) in [5.41, 5.74) is 3.83. The molecular weight excluding hydrogens is 522 g/mol. The number of ether oxygens (including phenoxy) is 2. The predicted octanol–water partition coefficient (Wildman–Crippen LogP) is 5.79. The highest BCUT2D eigenvalue weighted by atomic mass is 16.6. The third-order valence-electron chi connectivity index (χ3n) is 5.52. The maximum absolute atomic E-state index is 11.8. The number of ketones is 1. The number of aromatic nitrogens is 2. The molecule has 3 aromatic rings. The monoisotopic (exact) mass is 563 g/mol. The van der Waals surface area contributed by atoms with Crippen LogP contribution in [0.5, 0.6) is 0 Å². The fraction of sp³-hybridized carbons (Fsp3) is 0.406. The fourth-order valence-corrected chi connectivity index (χ4v) is 3.83. The molecule has 1 amide bonds.